The molecule has 1 aliphatic heterocycles. The zero-order chi connectivity index (χ0) is 23.7. The first-order chi connectivity index (χ1) is 14.8. The Morgan fingerprint density at radius 1 is 1.28 bits per heavy atom. The summed E-state index contributed by atoms with van der Waals surface area (Å²) < 4.78 is 38.1. The predicted molar refractivity (Wildman–Crippen MR) is 134 cm³/mol. The van der Waals surface area contributed by atoms with Crippen LogP contribution in [0.3, 0.4) is 0 Å². The van der Waals surface area contributed by atoms with Crippen LogP contribution in [0, 0.1) is 0 Å². The van der Waals surface area contributed by atoms with E-state index in [4.69, 9.17) is 20.8 Å². The lowest BCUT2D eigenvalue weighted by Gasteiger charge is -2.36. The molecule has 0 atom stereocenters. The number of hydrogen-bond acceptors (Lipinski definition) is 8. The van der Waals surface area contributed by atoms with Gasteiger partial charge in [0.15, 0.2) is 8.32 Å². The summed E-state index contributed by atoms with van der Waals surface area (Å²) in [6.45, 7) is 14.5. The van der Waals surface area contributed by atoms with E-state index in [1.807, 2.05) is 6.07 Å². The van der Waals surface area contributed by atoms with E-state index >= 15 is 0 Å². The van der Waals surface area contributed by atoms with Crippen LogP contribution in [0.5, 0.6) is 0 Å². The predicted octanol–water partition coefficient (Wildman–Crippen LogP) is 3.96. The maximum atomic E-state index is 12.5. The summed E-state index contributed by atoms with van der Waals surface area (Å²) >= 11 is 7.63. The molecule has 0 radical (unpaired) electrons. The molecule has 8 nitrogen and oxygen atoms in total. The van der Waals surface area contributed by atoms with E-state index in [1.165, 1.54) is 21.9 Å². The highest BCUT2D eigenvalue weighted by Crippen LogP contribution is 2.37. The number of rotatable bonds is 8. The summed E-state index contributed by atoms with van der Waals surface area (Å²) in [5.41, 5.74) is 0. The molecular weight excluding hydrogens is 488 g/mol. The van der Waals surface area contributed by atoms with Crippen molar-refractivity contribution in [3.05, 3.63) is 16.2 Å². The number of nitrogens with zero attached hydrogens (tertiary/aromatic N) is 4. The van der Waals surface area contributed by atoms with Crippen LogP contribution in [0.15, 0.2) is 6.07 Å². The molecule has 2 aromatic heterocycles. The number of anilines is 1. The van der Waals surface area contributed by atoms with Gasteiger partial charge in [-0.3, -0.25) is 0 Å². The van der Waals surface area contributed by atoms with Crippen molar-refractivity contribution in [1.82, 2.24) is 14.3 Å². The minimum Gasteiger partial charge on any atom is -0.415 e. The molecule has 1 saturated heterocycles. The molecule has 32 heavy (non-hydrogen) atoms. The number of sulfonamides is 1. The van der Waals surface area contributed by atoms with Crippen LogP contribution in [-0.4, -0.2) is 76.7 Å². The summed E-state index contributed by atoms with van der Waals surface area (Å²) in [6.07, 6.45) is 1.24. The summed E-state index contributed by atoms with van der Waals surface area (Å²) in [4.78, 5) is 12.6. The van der Waals surface area contributed by atoms with Gasteiger partial charge in [-0.15, -0.1) is 11.3 Å². The Morgan fingerprint density at radius 2 is 1.94 bits per heavy atom. The highest BCUT2D eigenvalue weighted by Gasteiger charge is 2.37. The van der Waals surface area contributed by atoms with Gasteiger partial charge >= 0.3 is 0 Å². The number of thiophene rings is 1. The Balaban J connectivity index is 1.80. The molecule has 0 bridgehead atoms. The molecule has 0 N–H and O–H groups in total. The summed E-state index contributed by atoms with van der Waals surface area (Å²) in [5, 5.41) is 1.15. The molecule has 0 saturated carbocycles. The topological polar surface area (TPSA) is 84.9 Å². The van der Waals surface area contributed by atoms with E-state index in [-0.39, 0.29) is 16.9 Å². The standard InChI is InChI=1S/C20H33ClN4O4S2Si/c1-20(2,3)32(5,6)29-12-9-25(31(4,26)27)14-15-13-16-17(24-7-10-28-11-8-24)22-19(21)23-18(16)30-15/h13H,7-12,14H2,1-6H3. The molecule has 0 aromatic carbocycles. The van der Waals surface area contributed by atoms with Gasteiger partial charge in [0, 0.05) is 37.7 Å². The lowest BCUT2D eigenvalue weighted by molar-refractivity contribution is 0.122. The molecule has 0 amide bonds. The van der Waals surface area contributed by atoms with E-state index in [0.717, 1.165) is 34.0 Å². The average molecular weight is 521 g/mol. The Morgan fingerprint density at radius 3 is 2.53 bits per heavy atom. The van der Waals surface area contributed by atoms with Gasteiger partial charge < -0.3 is 14.1 Å². The first kappa shape index (κ1) is 25.8. The van der Waals surface area contributed by atoms with E-state index < -0.39 is 18.3 Å². The van der Waals surface area contributed by atoms with Gasteiger partial charge in [-0.05, 0) is 35.8 Å². The van der Waals surface area contributed by atoms with Crippen molar-refractivity contribution in [2.45, 2.75) is 45.4 Å². The van der Waals surface area contributed by atoms with Crippen molar-refractivity contribution in [1.29, 1.82) is 0 Å². The normalized spacial score (nSPS) is 16.3. The highest BCUT2D eigenvalue weighted by molar-refractivity contribution is 7.88. The second-order valence-corrected chi connectivity index (χ2v) is 17.8. The molecule has 12 heteroatoms. The Kier molecular flexibility index (Phi) is 7.91. The van der Waals surface area contributed by atoms with Crippen LogP contribution in [0.25, 0.3) is 10.2 Å². The van der Waals surface area contributed by atoms with E-state index in [0.29, 0.717) is 26.4 Å². The molecule has 2 aromatic rings. The molecular formula is C20H33ClN4O4S2Si. The van der Waals surface area contributed by atoms with Gasteiger partial charge in [-0.1, -0.05) is 20.8 Å². The first-order valence-corrected chi connectivity index (χ1v) is 16.6. The first-order valence-electron chi connectivity index (χ1n) is 10.7. The van der Waals surface area contributed by atoms with Crippen LogP contribution in [-0.2, 0) is 25.7 Å². The number of fused-ring (bicyclic) bond motifs is 1. The minimum absolute atomic E-state index is 0.0717. The van der Waals surface area contributed by atoms with Crippen molar-refractivity contribution in [3.63, 3.8) is 0 Å². The van der Waals surface area contributed by atoms with Crippen molar-refractivity contribution in [3.8, 4) is 0 Å². The lowest BCUT2D eigenvalue weighted by Crippen LogP contribution is -2.43. The molecule has 0 spiro atoms. The molecule has 1 fully saturated rings. The molecule has 0 aliphatic carbocycles. The number of aromatic nitrogens is 2. The Bertz CT molecular complexity index is 1050. The number of hydrogen-bond donors (Lipinski definition) is 0. The smallest absolute Gasteiger partial charge is 0.225 e. The summed E-state index contributed by atoms with van der Waals surface area (Å²) in [5.74, 6) is 0.776. The third-order valence-electron chi connectivity index (χ3n) is 6.12. The fourth-order valence-corrected chi connectivity index (χ4v) is 6.33. The van der Waals surface area contributed by atoms with Crippen LogP contribution < -0.4 is 4.90 Å². The van der Waals surface area contributed by atoms with Gasteiger partial charge in [-0.2, -0.15) is 9.29 Å². The van der Waals surface area contributed by atoms with Crippen LogP contribution in [0.2, 0.25) is 23.4 Å². The van der Waals surface area contributed by atoms with Gasteiger partial charge in [0.05, 0.1) is 24.9 Å². The summed E-state index contributed by atoms with van der Waals surface area (Å²) in [6, 6.07) is 1.98. The number of morpholine rings is 1. The molecule has 0 unspecified atom stereocenters. The Labute approximate surface area is 201 Å². The van der Waals surface area contributed by atoms with Gasteiger partial charge in [0.1, 0.15) is 10.6 Å². The van der Waals surface area contributed by atoms with Crippen molar-refractivity contribution in [2.24, 2.45) is 0 Å². The third-order valence-corrected chi connectivity index (χ3v) is 13.1. The second-order valence-electron chi connectivity index (χ2n) is 9.55. The lowest BCUT2D eigenvalue weighted by atomic mass is 10.2. The zero-order valence-electron chi connectivity index (χ0n) is 19.6. The SMILES string of the molecule is CC(C)(C)[Si](C)(C)OCCN(Cc1cc2c(N3CCOCC3)nc(Cl)nc2s1)S(C)(=O)=O. The van der Waals surface area contributed by atoms with E-state index in [9.17, 15) is 8.42 Å². The third kappa shape index (κ3) is 6.19. The van der Waals surface area contributed by atoms with Gasteiger partial charge in [-0.25, -0.2) is 13.4 Å². The minimum atomic E-state index is -3.41. The van der Waals surface area contributed by atoms with Crippen molar-refractivity contribution >= 4 is 57.3 Å². The largest absolute Gasteiger partial charge is 0.415 e. The van der Waals surface area contributed by atoms with Crippen molar-refractivity contribution < 1.29 is 17.6 Å². The van der Waals surface area contributed by atoms with Crippen LogP contribution in [0.1, 0.15) is 25.6 Å². The average Bonchev–Trinajstić information content (AvgIpc) is 3.07. The Hall–Kier alpha value is -0.823. The van der Waals surface area contributed by atoms with E-state index in [1.54, 1.807) is 0 Å². The number of ether oxygens (including phenoxy) is 1. The monoisotopic (exact) mass is 520 g/mol. The highest BCUT2D eigenvalue weighted by atomic mass is 35.5. The fraction of sp³-hybridized carbons (Fsp3) is 0.700. The second kappa shape index (κ2) is 9.81. The zero-order valence-corrected chi connectivity index (χ0v) is 23.0. The van der Waals surface area contributed by atoms with Crippen LogP contribution >= 0.6 is 22.9 Å². The maximum Gasteiger partial charge on any atom is 0.225 e. The molecule has 180 valence electrons. The quantitative estimate of drug-likeness (QED) is 0.384. The number of halogens is 1. The molecule has 3 heterocycles. The van der Waals surface area contributed by atoms with Gasteiger partial charge in [0.2, 0.25) is 15.3 Å². The summed E-state index contributed by atoms with van der Waals surface area (Å²) in [7, 11) is -5.36. The molecule has 3 rings (SSSR count). The van der Waals surface area contributed by atoms with Crippen molar-refractivity contribution in [2.75, 3.05) is 50.6 Å². The maximum absolute atomic E-state index is 12.5. The molecule has 1 aliphatic rings. The van der Waals surface area contributed by atoms with Gasteiger partial charge in [0.25, 0.3) is 0 Å². The van der Waals surface area contributed by atoms with Crippen LogP contribution in [0.4, 0.5) is 5.82 Å². The fourth-order valence-electron chi connectivity index (χ4n) is 3.18. The van der Waals surface area contributed by atoms with E-state index in [2.05, 4.69) is 48.7 Å².